The predicted octanol–water partition coefficient (Wildman–Crippen LogP) is 4.47. The molecule has 0 aliphatic carbocycles. The predicted molar refractivity (Wildman–Crippen MR) is 139 cm³/mol. The molecule has 3 N–H and O–H groups in total. The minimum Gasteiger partial charge on any atom is -0.382 e. The van der Waals surface area contributed by atoms with Crippen molar-refractivity contribution in [3.63, 3.8) is 0 Å². The van der Waals surface area contributed by atoms with Crippen LogP contribution in [-0.2, 0) is 29.8 Å². The highest BCUT2D eigenvalue weighted by Gasteiger charge is 2.43. The van der Waals surface area contributed by atoms with E-state index in [1.807, 2.05) is 30.3 Å². The number of ether oxygens (including phenoxy) is 1. The molecule has 2 heterocycles. The molecule has 3 aromatic carbocycles. The van der Waals surface area contributed by atoms with Crippen molar-refractivity contribution in [2.75, 3.05) is 13.1 Å². The first-order valence-electron chi connectivity index (χ1n) is 12.4. The fourth-order valence-corrected chi connectivity index (χ4v) is 5.00. The summed E-state index contributed by atoms with van der Waals surface area (Å²) in [6.45, 7) is 1.49. The van der Waals surface area contributed by atoms with Gasteiger partial charge >= 0.3 is 0 Å². The Morgan fingerprint density at radius 2 is 1.71 bits per heavy atom. The van der Waals surface area contributed by atoms with Gasteiger partial charge in [-0.2, -0.15) is 0 Å². The van der Waals surface area contributed by atoms with Gasteiger partial charge in [-0.3, -0.25) is 4.79 Å². The second-order valence-electron chi connectivity index (χ2n) is 9.43. The summed E-state index contributed by atoms with van der Waals surface area (Å²) in [5, 5.41) is 17.3. The number of nitrogens with one attached hydrogen (secondary N) is 2. The third-order valence-corrected chi connectivity index (χ3v) is 7.00. The second kappa shape index (κ2) is 10.6. The largest absolute Gasteiger partial charge is 0.382 e. The number of piperidine rings is 1. The van der Waals surface area contributed by atoms with E-state index in [-0.39, 0.29) is 5.43 Å². The van der Waals surface area contributed by atoms with Crippen molar-refractivity contribution in [2.45, 2.75) is 44.0 Å². The van der Waals surface area contributed by atoms with E-state index in [9.17, 15) is 9.90 Å². The Bertz CT molecular complexity index is 1330. The Balaban J connectivity index is 1.27. The normalized spacial score (nSPS) is 20.2. The Kier molecular flexibility index (Phi) is 7.09. The van der Waals surface area contributed by atoms with Gasteiger partial charge in [0.05, 0.1) is 6.61 Å². The number of aryl methyl sites for hydroxylation is 2. The molecule has 5 nitrogen and oxygen atoms in total. The van der Waals surface area contributed by atoms with Crippen LogP contribution in [0, 0.1) is 0 Å². The van der Waals surface area contributed by atoms with Gasteiger partial charge in [-0.05, 0) is 60.2 Å². The van der Waals surface area contributed by atoms with E-state index in [4.69, 9.17) is 4.74 Å². The summed E-state index contributed by atoms with van der Waals surface area (Å²) < 4.78 is 6.22. The first-order valence-corrected chi connectivity index (χ1v) is 12.4. The fraction of sp³-hybridized carbons (Fsp3) is 0.300. The summed E-state index contributed by atoms with van der Waals surface area (Å²) >= 11 is 0. The number of aromatic nitrogens is 1. The standard InChI is InChI=1S/C30H32N2O3/c33-28-18-26(12-6-9-22-7-2-1-3-8-22)32-19-27(28)30(34)15-16-31-20-29(30)35-21-23-13-14-24-10-4-5-11-25(24)17-23/h1-5,7-8,10-11,13-14,17-19,29,31,34H,6,9,12,15-16,20-21H2,(H,32,33). The van der Waals surface area contributed by atoms with E-state index in [0.29, 0.717) is 31.7 Å². The molecular weight excluding hydrogens is 436 g/mol. The summed E-state index contributed by atoms with van der Waals surface area (Å²) in [7, 11) is 0. The van der Waals surface area contributed by atoms with Crippen molar-refractivity contribution in [1.82, 2.24) is 10.3 Å². The first kappa shape index (κ1) is 23.5. The van der Waals surface area contributed by atoms with Crippen LogP contribution in [0.4, 0.5) is 0 Å². The molecular formula is C30H32N2O3. The van der Waals surface area contributed by atoms with Crippen molar-refractivity contribution in [3.05, 3.63) is 118 Å². The van der Waals surface area contributed by atoms with Crippen LogP contribution in [0.5, 0.6) is 0 Å². The molecule has 1 saturated heterocycles. The van der Waals surface area contributed by atoms with Crippen molar-refractivity contribution in [3.8, 4) is 0 Å². The molecule has 1 aliphatic rings. The quantitative estimate of drug-likeness (QED) is 0.357. The highest BCUT2D eigenvalue weighted by atomic mass is 16.5. The van der Waals surface area contributed by atoms with E-state index in [1.54, 1.807) is 12.3 Å². The molecule has 1 fully saturated rings. The average molecular weight is 469 g/mol. The number of H-pyrrole nitrogens is 1. The number of hydrogen-bond acceptors (Lipinski definition) is 4. The molecule has 35 heavy (non-hydrogen) atoms. The van der Waals surface area contributed by atoms with Crippen LogP contribution in [0.2, 0.25) is 0 Å². The van der Waals surface area contributed by atoms with Crippen LogP contribution >= 0.6 is 0 Å². The molecule has 0 radical (unpaired) electrons. The lowest BCUT2D eigenvalue weighted by Crippen LogP contribution is -2.54. The third kappa shape index (κ3) is 5.38. The molecule has 0 bridgehead atoms. The van der Waals surface area contributed by atoms with Gasteiger partial charge in [0.2, 0.25) is 0 Å². The van der Waals surface area contributed by atoms with E-state index in [0.717, 1.165) is 35.9 Å². The van der Waals surface area contributed by atoms with Crippen LogP contribution in [0.25, 0.3) is 10.8 Å². The number of benzene rings is 3. The number of pyridine rings is 1. The van der Waals surface area contributed by atoms with Crippen molar-refractivity contribution >= 4 is 10.8 Å². The molecule has 1 aromatic heterocycles. The summed E-state index contributed by atoms with van der Waals surface area (Å²) in [6.07, 6.45) is 4.29. The minimum absolute atomic E-state index is 0.137. The first-order chi connectivity index (χ1) is 17.1. The zero-order valence-corrected chi connectivity index (χ0v) is 19.9. The number of hydrogen-bond donors (Lipinski definition) is 3. The summed E-state index contributed by atoms with van der Waals surface area (Å²) in [5.41, 5.74) is 2.14. The lowest BCUT2D eigenvalue weighted by atomic mass is 9.83. The number of aliphatic hydroxyl groups is 1. The van der Waals surface area contributed by atoms with Gasteiger partial charge in [0.15, 0.2) is 5.43 Å². The minimum atomic E-state index is -1.34. The Labute approximate surface area is 205 Å². The summed E-state index contributed by atoms with van der Waals surface area (Å²) in [6, 6.07) is 26.5. The lowest BCUT2D eigenvalue weighted by Gasteiger charge is -2.40. The smallest absolute Gasteiger partial charge is 0.188 e. The van der Waals surface area contributed by atoms with E-state index in [2.05, 4.69) is 52.8 Å². The molecule has 1 aliphatic heterocycles. The van der Waals surface area contributed by atoms with E-state index >= 15 is 0 Å². The third-order valence-electron chi connectivity index (χ3n) is 7.00. The molecule has 2 unspecified atom stereocenters. The fourth-order valence-electron chi connectivity index (χ4n) is 5.00. The topological polar surface area (TPSA) is 74.4 Å². The van der Waals surface area contributed by atoms with Crippen molar-refractivity contribution in [2.24, 2.45) is 0 Å². The molecule has 2 atom stereocenters. The average Bonchev–Trinajstić information content (AvgIpc) is 2.89. The highest BCUT2D eigenvalue weighted by molar-refractivity contribution is 5.82. The molecule has 0 spiro atoms. The zero-order valence-electron chi connectivity index (χ0n) is 19.9. The number of rotatable bonds is 8. The summed E-state index contributed by atoms with van der Waals surface area (Å²) in [4.78, 5) is 16.4. The monoisotopic (exact) mass is 468 g/mol. The zero-order chi connectivity index (χ0) is 24.1. The molecule has 180 valence electrons. The van der Waals surface area contributed by atoms with Crippen molar-refractivity contribution in [1.29, 1.82) is 0 Å². The maximum Gasteiger partial charge on any atom is 0.188 e. The lowest BCUT2D eigenvalue weighted by molar-refractivity contribution is -0.135. The van der Waals surface area contributed by atoms with Crippen LogP contribution < -0.4 is 10.7 Å². The van der Waals surface area contributed by atoms with Gasteiger partial charge in [0.25, 0.3) is 0 Å². The highest BCUT2D eigenvalue weighted by Crippen LogP contribution is 2.31. The van der Waals surface area contributed by atoms with Gasteiger partial charge in [-0.25, -0.2) is 0 Å². The van der Waals surface area contributed by atoms with Gasteiger partial charge < -0.3 is 20.1 Å². The molecule has 0 saturated carbocycles. The van der Waals surface area contributed by atoms with Crippen LogP contribution in [0.15, 0.2) is 89.9 Å². The molecule has 5 heteroatoms. The maximum atomic E-state index is 13.1. The second-order valence-corrected chi connectivity index (χ2v) is 9.43. The van der Waals surface area contributed by atoms with Crippen LogP contribution in [0.3, 0.4) is 0 Å². The Morgan fingerprint density at radius 3 is 2.54 bits per heavy atom. The van der Waals surface area contributed by atoms with E-state index in [1.165, 1.54) is 10.9 Å². The van der Waals surface area contributed by atoms with Gasteiger partial charge in [0, 0.05) is 30.1 Å². The Morgan fingerprint density at radius 1 is 0.914 bits per heavy atom. The van der Waals surface area contributed by atoms with Crippen LogP contribution in [0.1, 0.15) is 35.2 Å². The maximum absolute atomic E-state index is 13.1. The van der Waals surface area contributed by atoms with Crippen molar-refractivity contribution < 1.29 is 9.84 Å². The SMILES string of the molecule is O=c1cc(CCCc2ccccc2)[nH]cc1C1(O)CCNCC1OCc1ccc2ccccc2c1. The summed E-state index contributed by atoms with van der Waals surface area (Å²) in [5.74, 6) is 0. The van der Waals surface area contributed by atoms with Gasteiger partial charge in [0.1, 0.15) is 11.7 Å². The number of fused-ring (bicyclic) bond motifs is 1. The molecule has 5 rings (SSSR count). The Hall–Kier alpha value is -3.25. The number of aromatic amines is 1. The van der Waals surface area contributed by atoms with E-state index < -0.39 is 11.7 Å². The molecule has 0 amide bonds. The van der Waals surface area contributed by atoms with Gasteiger partial charge in [-0.15, -0.1) is 0 Å². The van der Waals surface area contributed by atoms with Gasteiger partial charge in [-0.1, -0.05) is 66.7 Å². The molecule has 4 aromatic rings. The van der Waals surface area contributed by atoms with Crippen LogP contribution in [-0.4, -0.2) is 29.3 Å².